The number of nitrogens with two attached hydrogens (primary N) is 3. The Labute approximate surface area is 227 Å². The molecule has 10 N–H and O–H groups in total. The fourth-order valence-electron chi connectivity index (χ4n) is 3.57. The second-order valence-corrected chi connectivity index (χ2v) is 9.87. The molecule has 0 heterocycles. The van der Waals surface area contributed by atoms with E-state index in [0.29, 0.717) is 25.1 Å². The number of thioether (sulfide) groups is 1. The van der Waals surface area contributed by atoms with Gasteiger partial charge in [-0.1, -0.05) is 30.3 Å². The molecule has 13 heteroatoms. The predicted molar refractivity (Wildman–Crippen MR) is 146 cm³/mol. The van der Waals surface area contributed by atoms with E-state index in [-0.39, 0.29) is 32.1 Å². The minimum atomic E-state index is -1.17. The predicted octanol–water partition coefficient (Wildman–Crippen LogP) is -0.757. The molecule has 1 aromatic carbocycles. The third-order valence-corrected chi connectivity index (χ3v) is 6.40. The zero-order chi connectivity index (χ0) is 28.5. The Hall–Kier alpha value is -3.16. The first-order valence-electron chi connectivity index (χ1n) is 12.5. The minimum absolute atomic E-state index is 0.0115. The molecule has 1 rings (SSSR count). The second kappa shape index (κ2) is 18.2. The van der Waals surface area contributed by atoms with Crippen LogP contribution in [0.25, 0.3) is 0 Å². The minimum Gasteiger partial charge on any atom is -0.480 e. The van der Waals surface area contributed by atoms with E-state index in [9.17, 15) is 29.1 Å². The van der Waals surface area contributed by atoms with Crippen LogP contribution in [0.15, 0.2) is 30.3 Å². The molecule has 0 spiro atoms. The van der Waals surface area contributed by atoms with E-state index in [0.717, 1.165) is 5.56 Å². The normalized spacial score (nSPS) is 14.0. The van der Waals surface area contributed by atoms with Crippen LogP contribution in [0.3, 0.4) is 0 Å². The Balaban J connectivity index is 3.07. The first kappa shape index (κ1) is 32.9. The van der Waals surface area contributed by atoms with Crippen LogP contribution < -0.4 is 33.2 Å². The highest BCUT2D eigenvalue weighted by molar-refractivity contribution is 7.98. The number of primary amides is 1. The molecule has 4 amide bonds. The van der Waals surface area contributed by atoms with Gasteiger partial charge in [0.15, 0.2) is 0 Å². The monoisotopic (exact) mass is 552 g/mol. The van der Waals surface area contributed by atoms with Gasteiger partial charge >= 0.3 is 5.97 Å². The van der Waals surface area contributed by atoms with E-state index in [4.69, 9.17) is 17.2 Å². The summed E-state index contributed by atoms with van der Waals surface area (Å²) in [7, 11) is 0. The van der Waals surface area contributed by atoms with Crippen LogP contribution in [0.1, 0.15) is 44.1 Å². The average Bonchev–Trinajstić information content (AvgIpc) is 2.88. The lowest BCUT2D eigenvalue weighted by Gasteiger charge is -2.25. The topological polar surface area (TPSA) is 220 Å². The Kier molecular flexibility index (Phi) is 15.7. The van der Waals surface area contributed by atoms with Crippen LogP contribution in [0, 0.1) is 0 Å². The van der Waals surface area contributed by atoms with Gasteiger partial charge in [0.1, 0.15) is 18.1 Å². The summed E-state index contributed by atoms with van der Waals surface area (Å²) in [4.78, 5) is 61.7. The maximum Gasteiger partial charge on any atom is 0.326 e. The SMILES string of the molecule is CSCCC(NC(=O)C(CCCCN)NC(=O)C(Cc1ccccc1)NC(=O)C(N)CCC(N)=O)C(=O)O. The number of carbonyl (C=O) groups is 5. The molecule has 0 saturated carbocycles. The molecular weight excluding hydrogens is 512 g/mol. The number of nitrogens with one attached hydrogen (secondary N) is 3. The Bertz CT molecular complexity index is 919. The van der Waals surface area contributed by atoms with Crippen LogP contribution >= 0.6 is 11.8 Å². The van der Waals surface area contributed by atoms with E-state index in [2.05, 4.69) is 16.0 Å². The van der Waals surface area contributed by atoms with Gasteiger partial charge in [0, 0.05) is 12.8 Å². The third-order valence-electron chi connectivity index (χ3n) is 5.76. The number of aliphatic carboxylic acids is 1. The van der Waals surface area contributed by atoms with Crippen molar-refractivity contribution in [2.75, 3.05) is 18.6 Å². The van der Waals surface area contributed by atoms with Crippen LogP contribution in [-0.4, -0.2) is 77.4 Å². The van der Waals surface area contributed by atoms with Gasteiger partial charge in [-0.15, -0.1) is 0 Å². The lowest BCUT2D eigenvalue weighted by Crippen LogP contribution is -2.57. The van der Waals surface area contributed by atoms with E-state index < -0.39 is 53.8 Å². The first-order chi connectivity index (χ1) is 18.1. The lowest BCUT2D eigenvalue weighted by molar-refractivity contribution is -0.142. The fraction of sp³-hybridized carbons (Fsp3) is 0.560. The van der Waals surface area contributed by atoms with Gasteiger partial charge in [-0.05, 0) is 56.2 Å². The van der Waals surface area contributed by atoms with Crippen molar-refractivity contribution in [1.29, 1.82) is 0 Å². The summed E-state index contributed by atoms with van der Waals surface area (Å²) in [5.41, 5.74) is 17.3. The largest absolute Gasteiger partial charge is 0.480 e. The van der Waals surface area contributed by atoms with Gasteiger partial charge in [-0.2, -0.15) is 11.8 Å². The maximum absolute atomic E-state index is 13.3. The number of amides is 4. The van der Waals surface area contributed by atoms with Crippen molar-refractivity contribution in [3.63, 3.8) is 0 Å². The molecule has 12 nitrogen and oxygen atoms in total. The van der Waals surface area contributed by atoms with Gasteiger partial charge in [0.25, 0.3) is 0 Å². The van der Waals surface area contributed by atoms with Crippen LogP contribution in [0.2, 0.25) is 0 Å². The Morgan fingerprint density at radius 1 is 0.868 bits per heavy atom. The molecule has 38 heavy (non-hydrogen) atoms. The van der Waals surface area contributed by atoms with Crippen molar-refractivity contribution in [2.45, 2.75) is 69.1 Å². The molecule has 212 valence electrons. The second-order valence-electron chi connectivity index (χ2n) is 8.89. The summed E-state index contributed by atoms with van der Waals surface area (Å²) < 4.78 is 0. The van der Waals surface area contributed by atoms with Crippen molar-refractivity contribution in [2.24, 2.45) is 17.2 Å². The van der Waals surface area contributed by atoms with E-state index in [1.807, 2.05) is 12.3 Å². The molecule has 4 atom stereocenters. The van der Waals surface area contributed by atoms with Gasteiger partial charge in [-0.25, -0.2) is 4.79 Å². The highest BCUT2D eigenvalue weighted by atomic mass is 32.2. The lowest BCUT2D eigenvalue weighted by atomic mass is 10.0. The van der Waals surface area contributed by atoms with E-state index in [1.54, 1.807) is 24.3 Å². The standard InChI is InChI=1S/C25H40N6O6S/c1-38-14-12-19(25(36)37)30-23(34)18(9-5-6-13-26)29-24(35)20(15-16-7-3-2-4-8-16)31-22(33)17(27)10-11-21(28)32/h2-4,7-8,17-20H,5-6,9-15,26-27H2,1H3,(H2,28,32)(H,29,35)(H,30,34)(H,31,33)(H,36,37). The molecule has 0 radical (unpaired) electrons. The summed E-state index contributed by atoms with van der Waals surface area (Å²) >= 11 is 1.45. The van der Waals surface area contributed by atoms with Gasteiger partial charge in [0.05, 0.1) is 6.04 Å². The molecule has 0 fully saturated rings. The molecule has 1 aromatic rings. The van der Waals surface area contributed by atoms with E-state index >= 15 is 0 Å². The summed E-state index contributed by atoms with van der Waals surface area (Å²) in [5, 5.41) is 17.3. The van der Waals surface area contributed by atoms with Crippen molar-refractivity contribution in [3.8, 4) is 0 Å². The summed E-state index contributed by atoms with van der Waals surface area (Å²) in [6.07, 6.45) is 3.45. The Morgan fingerprint density at radius 2 is 1.47 bits per heavy atom. The fourth-order valence-corrected chi connectivity index (χ4v) is 4.04. The van der Waals surface area contributed by atoms with Crippen molar-refractivity contribution < 1.29 is 29.1 Å². The molecule has 4 unspecified atom stereocenters. The van der Waals surface area contributed by atoms with Gasteiger partial charge in [0.2, 0.25) is 23.6 Å². The molecule has 0 saturated heterocycles. The molecule has 0 aliphatic carbocycles. The molecule has 0 aromatic heterocycles. The first-order valence-corrected chi connectivity index (χ1v) is 13.9. The average molecular weight is 553 g/mol. The van der Waals surface area contributed by atoms with Crippen molar-refractivity contribution >= 4 is 41.4 Å². The molecular formula is C25H40N6O6S. The van der Waals surface area contributed by atoms with Gasteiger partial charge < -0.3 is 38.3 Å². The smallest absolute Gasteiger partial charge is 0.326 e. The van der Waals surface area contributed by atoms with Crippen LogP contribution in [0.5, 0.6) is 0 Å². The molecule has 0 aliphatic heterocycles. The Morgan fingerprint density at radius 3 is 2.05 bits per heavy atom. The highest BCUT2D eigenvalue weighted by Gasteiger charge is 2.30. The zero-order valence-corrected chi connectivity index (χ0v) is 22.5. The number of unbranched alkanes of at least 4 members (excludes halogenated alkanes) is 1. The van der Waals surface area contributed by atoms with Crippen LogP contribution in [0.4, 0.5) is 0 Å². The number of benzene rings is 1. The number of carbonyl (C=O) groups excluding carboxylic acids is 4. The van der Waals surface area contributed by atoms with E-state index in [1.165, 1.54) is 11.8 Å². The number of hydrogen-bond acceptors (Lipinski definition) is 8. The summed E-state index contributed by atoms with van der Waals surface area (Å²) in [6.45, 7) is 0.393. The quantitative estimate of drug-likeness (QED) is 0.107. The summed E-state index contributed by atoms with van der Waals surface area (Å²) in [6, 6.07) is 4.66. The van der Waals surface area contributed by atoms with Gasteiger partial charge in [-0.3, -0.25) is 19.2 Å². The number of carboxylic acids is 1. The third kappa shape index (κ3) is 12.9. The highest BCUT2D eigenvalue weighted by Crippen LogP contribution is 2.08. The zero-order valence-electron chi connectivity index (χ0n) is 21.7. The van der Waals surface area contributed by atoms with Crippen LogP contribution in [-0.2, 0) is 30.4 Å². The number of hydrogen-bond donors (Lipinski definition) is 7. The van der Waals surface area contributed by atoms with Crippen molar-refractivity contribution in [3.05, 3.63) is 35.9 Å². The maximum atomic E-state index is 13.3. The van der Waals surface area contributed by atoms with Crippen molar-refractivity contribution in [1.82, 2.24) is 16.0 Å². The molecule has 0 aliphatic rings. The molecule has 0 bridgehead atoms. The summed E-state index contributed by atoms with van der Waals surface area (Å²) in [5.74, 6) is -3.15. The number of rotatable bonds is 19. The number of carboxylic acid groups (broad SMARTS) is 1.